The Morgan fingerprint density at radius 3 is 2.65 bits per heavy atom. The smallest absolute Gasteiger partial charge is 0.0720 e. The van der Waals surface area contributed by atoms with Crippen molar-refractivity contribution in [3.05, 3.63) is 65.7 Å². The van der Waals surface area contributed by atoms with Crippen molar-refractivity contribution in [2.24, 2.45) is 5.10 Å². The lowest BCUT2D eigenvalue weighted by atomic mass is 10.1. The highest BCUT2D eigenvalue weighted by Gasteiger charge is 1.97. The zero-order valence-electron chi connectivity index (χ0n) is 11.9. The van der Waals surface area contributed by atoms with Crippen LogP contribution < -0.4 is 5.43 Å². The minimum absolute atomic E-state index is 0.243. The van der Waals surface area contributed by atoms with E-state index < -0.39 is 0 Å². The van der Waals surface area contributed by atoms with Crippen LogP contribution in [0.1, 0.15) is 25.0 Å². The largest absolute Gasteiger partial charge is 0.374 e. The number of rotatable bonds is 6. The summed E-state index contributed by atoms with van der Waals surface area (Å²) in [5.74, 6) is 0. The van der Waals surface area contributed by atoms with Gasteiger partial charge in [0, 0.05) is 0 Å². The highest BCUT2D eigenvalue weighted by Crippen LogP contribution is 2.07. The van der Waals surface area contributed by atoms with Gasteiger partial charge in [0.15, 0.2) is 0 Å². The van der Waals surface area contributed by atoms with E-state index in [-0.39, 0.29) is 6.10 Å². The number of hydrogen-bond donors (Lipinski definition) is 1. The molecular weight excluding hydrogens is 248 g/mol. The number of para-hydroxylation sites is 1. The van der Waals surface area contributed by atoms with Crippen LogP contribution in [-0.4, -0.2) is 12.3 Å². The second-order valence-corrected chi connectivity index (χ2v) is 4.84. The third-order valence-electron chi connectivity index (χ3n) is 2.72. The summed E-state index contributed by atoms with van der Waals surface area (Å²) >= 11 is 0. The first-order valence-electron chi connectivity index (χ1n) is 6.79. The molecule has 0 fully saturated rings. The Morgan fingerprint density at radius 2 is 1.90 bits per heavy atom. The van der Waals surface area contributed by atoms with Gasteiger partial charge in [-0.05, 0) is 43.2 Å². The van der Waals surface area contributed by atoms with Gasteiger partial charge in [0.05, 0.1) is 24.6 Å². The van der Waals surface area contributed by atoms with E-state index in [1.807, 2.05) is 62.5 Å². The Kier molecular flexibility index (Phi) is 5.33. The molecule has 104 valence electrons. The molecule has 0 amide bonds. The highest BCUT2D eigenvalue weighted by molar-refractivity contribution is 5.80. The van der Waals surface area contributed by atoms with Crippen molar-refractivity contribution in [3.8, 4) is 0 Å². The van der Waals surface area contributed by atoms with Crippen molar-refractivity contribution in [2.45, 2.75) is 26.6 Å². The first-order chi connectivity index (χ1) is 9.74. The van der Waals surface area contributed by atoms with Crippen LogP contribution in [0.2, 0.25) is 0 Å². The maximum absolute atomic E-state index is 5.60. The van der Waals surface area contributed by atoms with E-state index in [2.05, 4.69) is 22.7 Å². The topological polar surface area (TPSA) is 33.6 Å². The predicted octanol–water partition coefficient (Wildman–Crippen LogP) is 4.06. The van der Waals surface area contributed by atoms with Crippen LogP contribution in [-0.2, 0) is 11.3 Å². The van der Waals surface area contributed by atoms with Crippen LogP contribution >= 0.6 is 0 Å². The molecule has 0 radical (unpaired) electrons. The fourth-order valence-corrected chi connectivity index (χ4v) is 1.72. The number of anilines is 1. The molecule has 0 saturated heterocycles. The Labute approximate surface area is 120 Å². The summed E-state index contributed by atoms with van der Waals surface area (Å²) in [6, 6.07) is 18.1. The molecule has 0 aliphatic carbocycles. The Hall–Kier alpha value is -2.13. The number of nitrogens with one attached hydrogen (secondary N) is 1. The average Bonchev–Trinajstić information content (AvgIpc) is 2.47. The first-order valence-corrected chi connectivity index (χ1v) is 6.79. The van der Waals surface area contributed by atoms with Crippen molar-refractivity contribution in [2.75, 3.05) is 5.43 Å². The van der Waals surface area contributed by atoms with E-state index in [1.54, 1.807) is 0 Å². The summed E-state index contributed by atoms with van der Waals surface area (Å²) in [6.45, 7) is 4.70. The van der Waals surface area contributed by atoms with E-state index in [4.69, 9.17) is 4.74 Å². The van der Waals surface area contributed by atoms with Gasteiger partial charge in [-0.2, -0.15) is 5.10 Å². The van der Waals surface area contributed by atoms with Gasteiger partial charge in [-0.1, -0.05) is 36.4 Å². The Bertz CT molecular complexity index is 550. The minimum atomic E-state index is 0.243. The van der Waals surface area contributed by atoms with Gasteiger partial charge < -0.3 is 4.74 Å². The van der Waals surface area contributed by atoms with Crippen LogP contribution in [0.4, 0.5) is 5.69 Å². The van der Waals surface area contributed by atoms with Crippen molar-refractivity contribution in [1.82, 2.24) is 0 Å². The second kappa shape index (κ2) is 7.46. The molecule has 2 aromatic carbocycles. The summed E-state index contributed by atoms with van der Waals surface area (Å²) in [7, 11) is 0. The summed E-state index contributed by atoms with van der Waals surface area (Å²) in [5, 5.41) is 4.23. The van der Waals surface area contributed by atoms with E-state index >= 15 is 0 Å². The number of hydrazone groups is 1. The fraction of sp³-hybridized carbons (Fsp3) is 0.235. The lowest BCUT2D eigenvalue weighted by Gasteiger charge is -2.07. The minimum Gasteiger partial charge on any atom is -0.374 e. The molecule has 20 heavy (non-hydrogen) atoms. The number of benzene rings is 2. The second-order valence-electron chi connectivity index (χ2n) is 4.84. The van der Waals surface area contributed by atoms with E-state index in [9.17, 15) is 0 Å². The molecule has 0 aromatic heterocycles. The molecule has 0 atom stereocenters. The molecule has 2 aromatic rings. The van der Waals surface area contributed by atoms with Crippen molar-refractivity contribution in [3.63, 3.8) is 0 Å². The van der Waals surface area contributed by atoms with Gasteiger partial charge in [-0.3, -0.25) is 5.43 Å². The third-order valence-corrected chi connectivity index (χ3v) is 2.72. The van der Waals surface area contributed by atoms with Gasteiger partial charge >= 0.3 is 0 Å². The molecule has 0 bridgehead atoms. The molecule has 3 nitrogen and oxygen atoms in total. The molecule has 1 N–H and O–H groups in total. The van der Waals surface area contributed by atoms with Crippen LogP contribution in [0.5, 0.6) is 0 Å². The van der Waals surface area contributed by atoms with Gasteiger partial charge in [-0.25, -0.2) is 0 Å². The summed E-state index contributed by atoms with van der Waals surface area (Å²) in [5.41, 5.74) is 6.18. The molecule has 3 heteroatoms. The van der Waals surface area contributed by atoms with Gasteiger partial charge in [0.25, 0.3) is 0 Å². The lowest BCUT2D eigenvalue weighted by Crippen LogP contribution is -2.02. The Balaban J connectivity index is 1.93. The third kappa shape index (κ3) is 4.86. The van der Waals surface area contributed by atoms with Crippen LogP contribution in [0, 0.1) is 0 Å². The molecule has 0 aliphatic heterocycles. The number of nitrogens with zero attached hydrogens (tertiary/aromatic N) is 1. The zero-order chi connectivity index (χ0) is 14.2. The predicted molar refractivity (Wildman–Crippen MR) is 84.0 cm³/mol. The molecule has 2 rings (SSSR count). The molecular formula is C17H20N2O. The SMILES string of the molecule is CC(C)OCc1cccc(C=NNc2ccccc2)c1. The molecule has 0 saturated carbocycles. The van der Waals surface area contributed by atoms with Gasteiger partial charge in [0.2, 0.25) is 0 Å². The summed E-state index contributed by atoms with van der Waals surface area (Å²) in [4.78, 5) is 0. The average molecular weight is 268 g/mol. The monoisotopic (exact) mass is 268 g/mol. The van der Waals surface area contributed by atoms with Crippen molar-refractivity contribution >= 4 is 11.9 Å². The van der Waals surface area contributed by atoms with Crippen LogP contribution in [0.15, 0.2) is 59.7 Å². The number of ether oxygens (including phenoxy) is 1. The van der Waals surface area contributed by atoms with Gasteiger partial charge in [-0.15, -0.1) is 0 Å². The molecule has 0 heterocycles. The maximum Gasteiger partial charge on any atom is 0.0720 e. The van der Waals surface area contributed by atoms with Gasteiger partial charge in [0.1, 0.15) is 0 Å². The molecule has 0 spiro atoms. The van der Waals surface area contributed by atoms with Crippen LogP contribution in [0.25, 0.3) is 0 Å². The van der Waals surface area contributed by atoms with E-state index in [0.717, 1.165) is 16.8 Å². The number of hydrogen-bond acceptors (Lipinski definition) is 3. The van der Waals surface area contributed by atoms with Crippen LogP contribution in [0.3, 0.4) is 0 Å². The normalized spacial score (nSPS) is 11.2. The molecule has 0 unspecified atom stereocenters. The standard InChI is InChI=1S/C17H20N2O/c1-14(2)20-13-16-8-6-7-15(11-16)12-18-19-17-9-4-3-5-10-17/h3-12,14,19H,13H2,1-2H3. The van der Waals surface area contributed by atoms with E-state index in [0.29, 0.717) is 6.61 Å². The zero-order valence-corrected chi connectivity index (χ0v) is 11.9. The lowest BCUT2D eigenvalue weighted by molar-refractivity contribution is 0.0657. The first kappa shape index (κ1) is 14.3. The Morgan fingerprint density at radius 1 is 1.10 bits per heavy atom. The van der Waals surface area contributed by atoms with Crippen molar-refractivity contribution in [1.29, 1.82) is 0 Å². The quantitative estimate of drug-likeness (QED) is 0.633. The highest BCUT2D eigenvalue weighted by atomic mass is 16.5. The fourth-order valence-electron chi connectivity index (χ4n) is 1.72. The summed E-state index contributed by atoms with van der Waals surface area (Å²) in [6.07, 6.45) is 2.05. The van der Waals surface area contributed by atoms with Crippen molar-refractivity contribution < 1.29 is 4.74 Å². The molecule has 0 aliphatic rings. The maximum atomic E-state index is 5.60. The van der Waals surface area contributed by atoms with E-state index in [1.165, 1.54) is 0 Å². The summed E-state index contributed by atoms with van der Waals surface area (Å²) < 4.78 is 5.60.